The van der Waals surface area contributed by atoms with E-state index in [1.54, 1.807) is 0 Å². The van der Waals surface area contributed by atoms with Gasteiger partial charge in [0, 0.05) is 5.33 Å². The van der Waals surface area contributed by atoms with Crippen molar-refractivity contribution in [3.63, 3.8) is 0 Å². The van der Waals surface area contributed by atoms with Crippen LogP contribution in [0.5, 0.6) is 0 Å². The molecular weight excluding hydrogens is 243 g/mol. The van der Waals surface area contributed by atoms with Crippen molar-refractivity contribution in [1.82, 2.24) is 0 Å². The molecule has 1 rings (SSSR count). The number of halogens is 2. The molecule has 0 nitrogen and oxygen atoms in total. The number of hydrogen-bond donors (Lipinski definition) is 0. The second kappa shape index (κ2) is 6.99. The van der Waals surface area contributed by atoms with E-state index in [1.807, 2.05) is 12.1 Å². The minimum absolute atomic E-state index is 0.145. The maximum Gasteiger partial charge on any atom is 0.123 e. The number of benzene rings is 1. The van der Waals surface area contributed by atoms with E-state index < -0.39 is 0 Å². The lowest BCUT2D eigenvalue weighted by Crippen LogP contribution is -1.86. The van der Waals surface area contributed by atoms with Crippen LogP contribution in [0.4, 0.5) is 4.39 Å². The number of rotatable bonds is 6. The minimum atomic E-state index is -0.145. The van der Waals surface area contributed by atoms with Gasteiger partial charge in [-0.15, -0.1) is 0 Å². The van der Waals surface area contributed by atoms with Crippen molar-refractivity contribution in [2.45, 2.75) is 32.1 Å². The molecule has 0 saturated carbocycles. The fraction of sp³-hybridized carbons (Fsp3) is 0.500. The fourth-order valence-electron chi connectivity index (χ4n) is 1.43. The third-order valence-electron chi connectivity index (χ3n) is 2.26. The zero-order valence-corrected chi connectivity index (χ0v) is 9.89. The third kappa shape index (κ3) is 4.75. The van der Waals surface area contributed by atoms with Gasteiger partial charge in [0.15, 0.2) is 0 Å². The van der Waals surface area contributed by atoms with E-state index in [0.29, 0.717) is 0 Å². The molecule has 2 heteroatoms. The number of unbranched alkanes of at least 4 members (excludes halogenated alkanes) is 3. The van der Waals surface area contributed by atoms with Crippen LogP contribution in [-0.2, 0) is 6.42 Å². The van der Waals surface area contributed by atoms with E-state index in [-0.39, 0.29) is 5.82 Å². The van der Waals surface area contributed by atoms with Gasteiger partial charge in [-0.3, -0.25) is 0 Å². The van der Waals surface area contributed by atoms with Crippen LogP contribution in [0.15, 0.2) is 24.3 Å². The topological polar surface area (TPSA) is 0 Å². The zero-order chi connectivity index (χ0) is 10.2. The predicted molar refractivity (Wildman–Crippen MR) is 62.4 cm³/mol. The Kier molecular flexibility index (Phi) is 5.85. The summed E-state index contributed by atoms with van der Waals surface area (Å²) in [5, 5.41) is 1.10. The summed E-state index contributed by atoms with van der Waals surface area (Å²) in [7, 11) is 0. The lowest BCUT2D eigenvalue weighted by Gasteiger charge is -2.00. The number of aryl methyl sites for hydroxylation is 1. The summed E-state index contributed by atoms with van der Waals surface area (Å²) in [6.45, 7) is 0. The summed E-state index contributed by atoms with van der Waals surface area (Å²) >= 11 is 3.41. The van der Waals surface area contributed by atoms with Gasteiger partial charge in [0.25, 0.3) is 0 Å². The summed E-state index contributed by atoms with van der Waals surface area (Å²) < 4.78 is 12.6. The Bertz CT molecular complexity index is 243. The first-order valence-electron chi connectivity index (χ1n) is 5.13. The SMILES string of the molecule is Fc1ccc(CCCCCCBr)cc1. The fourth-order valence-corrected chi connectivity index (χ4v) is 1.82. The van der Waals surface area contributed by atoms with Crippen LogP contribution < -0.4 is 0 Å². The number of alkyl halides is 1. The maximum absolute atomic E-state index is 12.6. The molecule has 0 aliphatic heterocycles. The van der Waals surface area contributed by atoms with E-state index in [0.717, 1.165) is 11.8 Å². The molecule has 0 aliphatic carbocycles. The highest BCUT2D eigenvalue weighted by Gasteiger charge is 1.94. The molecule has 0 unspecified atom stereocenters. The first-order valence-corrected chi connectivity index (χ1v) is 6.25. The molecule has 1 aromatic carbocycles. The molecule has 14 heavy (non-hydrogen) atoms. The summed E-state index contributed by atoms with van der Waals surface area (Å²) in [4.78, 5) is 0. The van der Waals surface area contributed by atoms with Gasteiger partial charge in [-0.25, -0.2) is 4.39 Å². The van der Waals surface area contributed by atoms with Gasteiger partial charge in [0.05, 0.1) is 0 Å². The van der Waals surface area contributed by atoms with Crippen LogP contribution in [0.3, 0.4) is 0 Å². The van der Waals surface area contributed by atoms with Crippen LogP contribution >= 0.6 is 15.9 Å². The lowest BCUT2D eigenvalue weighted by molar-refractivity contribution is 0.625. The zero-order valence-electron chi connectivity index (χ0n) is 8.31. The van der Waals surface area contributed by atoms with Crippen molar-refractivity contribution in [3.8, 4) is 0 Å². The van der Waals surface area contributed by atoms with Crippen molar-refractivity contribution in [2.24, 2.45) is 0 Å². The van der Waals surface area contributed by atoms with Crippen molar-refractivity contribution >= 4 is 15.9 Å². The molecule has 0 aliphatic rings. The van der Waals surface area contributed by atoms with Gasteiger partial charge >= 0.3 is 0 Å². The summed E-state index contributed by atoms with van der Waals surface area (Å²) in [5.74, 6) is -0.145. The monoisotopic (exact) mass is 258 g/mol. The molecule has 0 N–H and O–H groups in total. The summed E-state index contributed by atoms with van der Waals surface area (Å²) in [6, 6.07) is 6.82. The quantitative estimate of drug-likeness (QED) is 0.527. The van der Waals surface area contributed by atoms with Crippen molar-refractivity contribution in [3.05, 3.63) is 35.6 Å². The third-order valence-corrected chi connectivity index (χ3v) is 2.82. The Hall–Kier alpha value is -0.370. The Balaban J connectivity index is 2.15. The van der Waals surface area contributed by atoms with Gasteiger partial charge in [0.2, 0.25) is 0 Å². The molecule has 0 aromatic heterocycles. The van der Waals surface area contributed by atoms with Crippen LogP contribution in [-0.4, -0.2) is 5.33 Å². The van der Waals surface area contributed by atoms with E-state index in [1.165, 1.54) is 43.4 Å². The molecular formula is C12H16BrF. The normalized spacial score (nSPS) is 10.4. The summed E-state index contributed by atoms with van der Waals surface area (Å²) in [6.07, 6.45) is 6.08. The van der Waals surface area contributed by atoms with Gasteiger partial charge in [-0.2, -0.15) is 0 Å². The lowest BCUT2D eigenvalue weighted by atomic mass is 10.1. The van der Waals surface area contributed by atoms with Crippen molar-refractivity contribution in [2.75, 3.05) is 5.33 Å². The highest BCUT2D eigenvalue weighted by molar-refractivity contribution is 9.09. The van der Waals surface area contributed by atoms with Crippen molar-refractivity contribution < 1.29 is 4.39 Å². The van der Waals surface area contributed by atoms with Gasteiger partial charge in [-0.05, 0) is 37.0 Å². The summed E-state index contributed by atoms with van der Waals surface area (Å²) in [5.41, 5.74) is 1.24. The molecule has 0 heterocycles. The number of hydrogen-bond acceptors (Lipinski definition) is 0. The highest BCUT2D eigenvalue weighted by Crippen LogP contribution is 2.09. The highest BCUT2D eigenvalue weighted by atomic mass is 79.9. The second-order valence-electron chi connectivity index (χ2n) is 3.48. The van der Waals surface area contributed by atoms with E-state index >= 15 is 0 Å². The largest absolute Gasteiger partial charge is 0.207 e. The molecule has 0 fully saturated rings. The smallest absolute Gasteiger partial charge is 0.123 e. The van der Waals surface area contributed by atoms with Gasteiger partial charge in [-0.1, -0.05) is 40.9 Å². The van der Waals surface area contributed by atoms with Gasteiger partial charge in [0.1, 0.15) is 5.82 Å². The molecule has 0 atom stereocenters. The standard InChI is InChI=1S/C12H16BrF/c13-10-4-2-1-3-5-11-6-8-12(14)9-7-11/h6-9H,1-5,10H2. The Morgan fingerprint density at radius 3 is 2.21 bits per heavy atom. The molecule has 0 saturated heterocycles. The Morgan fingerprint density at radius 2 is 1.57 bits per heavy atom. The predicted octanol–water partition coefficient (Wildman–Crippen LogP) is 4.32. The van der Waals surface area contributed by atoms with E-state index in [4.69, 9.17) is 0 Å². The molecule has 0 spiro atoms. The average molecular weight is 259 g/mol. The molecule has 0 amide bonds. The first kappa shape index (κ1) is 11.7. The van der Waals surface area contributed by atoms with Crippen LogP contribution in [0.25, 0.3) is 0 Å². The van der Waals surface area contributed by atoms with Gasteiger partial charge < -0.3 is 0 Å². The second-order valence-corrected chi connectivity index (χ2v) is 4.27. The van der Waals surface area contributed by atoms with E-state index in [9.17, 15) is 4.39 Å². The molecule has 0 radical (unpaired) electrons. The van der Waals surface area contributed by atoms with Crippen LogP contribution in [0.1, 0.15) is 31.2 Å². The van der Waals surface area contributed by atoms with Crippen LogP contribution in [0, 0.1) is 5.82 Å². The molecule has 78 valence electrons. The molecule has 0 bridgehead atoms. The average Bonchev–Trinajstić information content (AvgIpc) is 2.21. The van der Waals surface area contributed by atoms with Crippen LogP contribution in [0.2, 0.25) is 0 Å². The Labute approximate surface area is 93.7 Å². The van der Waals surface area contributed by atoms with E-state index in [2.05, 4.69) is 15.9 Å². The maximum atomic E-state index is 12.6. The first-order chi connectivity index (χ1) is 6.83. The van der Waals surface area contributed by atoms with Crippen molar-refractivity contribution in [1.29, 1.82) is 0 Å². The molecule has 1 aromatic rings. The Morgan fingerprint density at radius 1 is 0.929 bits per heavy atom. The minimum Gasteiger partial charge on any atom is -0.207 e.